The van der Waals surface area contributed by atoms with Crippen molar-refractivity contribution in [2.45, 2.75) is 20.4 Å². The van der Waals surface area contributed by atoms with Crippen molar-refractivity contribution in [3.05, 3.63) is 86.4 Å². The first-order chi connectivity index (χ1) is 13.9. The number of aryl methyl sites for hydroxylation is 2. The van der Waals surface area contributed by atoms with Crippen LogP contribution < -0.4 is 5.56 Å². The molecule has 2 heterocycles. The number of benzene rings is 2. The average molecular weight is 404 g/mol. The zero-order chi connectivity index (χ0) is 20.5. The lowest BCUT2D eigenvalue weighted by molar-refractivity contribution is 0.0785. The van der Waals surface area contributed by atoms with Crippen LogP contribution in [0, 0.1) is 13.8 Å². The molecule has 0 fully saturated rings. The number of nitrogens with zero attached hydrogens (tertiary/aromatic N) is 4. The quantitative estimate of drug-likeness (QED) is 0.520. The van der Waals surface area contributed by atoms with E-state index in [1.165, 1.54) is 0 Å². The third-order valence-corrected chi connectivity index (χ3v) is 5.65. The molecule has 0 radical (unpaired) electrons. The molecule has 4 rings (SSSR count). The fourth-order valence-corrected chi connectivity index (χ4v) is 4.10. The van der Waals surface area contributed by atoms with E-state index in [-0.39, 0.29) is 11.5 Å². The first-order valence-electron chi connectivity index (χ1n) is 9.19. The van der Waals surface area contributed by atoms with E-state index in [9.17, 15) is 9.59 Å². The van der Waals surface area contributed by atoms with Crippen molar-refractivity contribution >= 4 is 28.1 Å². The second-order valence-electron chi connectivity index (χ2n) is 6.91. The van der Waals surface area contributed by atoms with E-state index in [1.54, 1.807) is 65.1 Å². The first kappa shape index (κ1) is 19.0. The van der Waals surface area contributed by atoms with Gasteiger partial charge >= 0.3 is 0 Å². The highest BCUT2D eigenvalue weighted by atomic mass is 32.1. The summed E-state index contributed by atoms with van der Waals surface area (Å²) in [4.78, 5) is 36.2. The van der Waals surface area contributed by atoms with Crippen molar-refractivity contribution in [3.63, 3.8) is 0 Å². The minimum atomic E-state index is -0.122. The van der Waals surface area contributed by atoms with Crippen LogP contribution >= 0.6 is 11.3 Å². The van der Waals surface area contributed by atoms with Crippen LogP contribution in [0.3, 0.4) is 0 Å². The Balaban J connectivity index is 1.62. The summed E-state index contributed by atoms with van der Waals surface area (Å²) < 4.78 is 1.57. The van der Waals surface area contributed by atoms with E-state index in [2.05, 4.69) is 9.97 Å². The van der Waals surface area contributed by atoms with Gasteiger partial charge in [-0.3, -0.25) is 14.2 Å². The largest absolute Gasteiger partial charge is 0.335 e. The lowest BCUT2D eigenvalue weighted by Crippen LogP contribution is -2.26. The van der Waals surface area contributed by atoms with Gasteiger partial charge in [-0.2, -0.15) is 0 Å². The summed E-state index contributed by atoms with van der Waals surface area (Å²) in [6.45, 7) is 4.20. The molecule has 2 aromatic heterocycles. The summed E-state index contributed by atoms with van der Waals surface area (Å²) in [5.74, 6) is 0.508. The number of amides is 1. The van der Waals surface area contributed by atoms with Gasteiger partial charge in [-0.1, -0.05) is 12.1 Å². The van der Waals surface area contributed by atoms with E-state index >= 15 is 0 Å². The molecular weight excluding hydrogens is 384 g/mol. The van der Waals surface area contributed by atoms with E-state index in [0.29, 0.717) is 34.5 Å². The Labute approximate surface area is 172 Å². The molecule has 0 saturated carbocycles. The summed E-state index contributed by atoms with van der Waals surface area (Å²) in [6, 6.07) is 14.3. The van der Waals surface area contributed by atoms with Crippen LogP contribution in [0.1, 0.15) is 26.9 Å². The maximum Gasteiger partial charge on any atom is 0.265 e. The molecule has 1 amide bonds. The Kier molecular flexibility index (Phi) is 4.98. The van der Waals surface area contributed by atoms with Crippen LogP contribution in [0.5, 0.6) is 0 Å². The zero-order valence-corrected chi connectivity index (χ0v) is 17.2. The Morgan fingerprint density at radius 1 is 1.07 bits per heavy atom. The summed E-state index contributed by atoms with van der Waals surface area (Å²) in [5.41, 5.74) is 2.75. The van der Waals surface area contributed by atoms with Crippen LogP contribution in [0.15, 0.2) is 58.7 Å². The number of para-hydroxylation sites is 1. The molecule has 7 heteroatoms. The van der Waals surface area contributed by atoms with Gasteiger partial charge in [-0.05, 0) is 50.2 Å². The highest BCUT2D eigenvalue weighted by molar-refractivity contribution is 7.09. The highest BCUT2D eigenvalue weighted by Gasteiger charge is 2.15. The van der Waals surface area contributed by atoms with Crippen molar-refractivity contribution in [1.29, 1.82) is 0 Å². The van der Waals surface area contributed by atoms with Crippen molar-refractivity contribution in [3.8, 4) is 5.69 Å². The molecule has 0 unspecified atom stereocenters. The van der Waals surface area contributed by atoms with Crippen molar-refractivity contribution < 1.29 is 4.79 Å². The average Bonchev–Trinajstić information content (AvgIpc) is 3.12. The van der Waals surface area contributed by atoms with E-state index in [0.717, 1.165) is 10.7 Å². The molecule has 0 aliphatic carbocycles. The molecule has 4 aromatic rings. The van der Waals surface area contributed by atoms with Crippen molar-refractivity contribution in [1.82, 2.24) is 19.4 Å². The zero-order valence-electron chi connectivity index (χ0n) is 16.4. The van der Waals surface area contributed by atoms with Gasteiger partial charge < -0.3 is 4.90 Å². The number of thiazole rings is 1. The standard InChI is InChI=1S/C22H20N4O2S/c1-14-13-29-20(23-14)12-25(3)21(27)16-8-10-17(11-9-16)26-15(2)24-19-7-5-4-6-18(19)22(26)28/h4-11,13H,12H2,1-3H3. The molecule has 29 heavy (non-hydrogen) atoms. The smallest absolute Gasteiger partial charge is 0.265 e. The number of carbonyl (C=O) groups excluding carboxylic acids is 1. The lowest BCUT2D eigenvalue weighted by atomic mass is 10.1. The van der Waals surface area contributed by atoms with Crippen molar-refractivity contribution in [2.24, 2.45) is 0 Å². The molecule has 2 aromatic carbocycles. The van der Waals surface area contributed by atoms with Gasteiger partial charge in [-0.15, -0.1) is 11.3 Å². The van der Waals surface area contributed by atoms with Gasteiger partial charge in [0.2, 0.25) is 0 Å². The fraction of sp³-hybridized carbons (Fsp3) is 0.182. The monoisotopic (exact) mass is 404 g/mol. The Morgan fingerprint density at radius 2 is 1.79 bits per heavy atom. The topological polar surface area (TPSA) is 68.1 Å². The van der Waals surface area contributed by atoms with Gasteiger partial charge in [0.05, 0.1) is 23.1 Å². The normalized spacial score (nSPS) is 11.0. The number of rotatable bonds is 4. The van der Waals surface area contributed by atoms with Gasteiger partial charge in [0, 0.05) is 23.7 Å². The number of hydrogen-bond acceptors (Lipinski definition) is 5. The predicted molar refractivity (Wildman–Crippen MR) is 115 cm³/mol. The van der Waals surface area contributed by atoms with Crippen LogP contribution in [-0.2, 0) is 6.54 Å². The Hall–Kier alpha value is -3.32. The maximum absolute atomic E-state index is 12.9. The van der Waals surface area contributed by atoms with Crippen LogP contribution in [0.2, 0.25) is 0 Å². The summed E-state index contributed by atoms with van der Waals surface area (Å²) in [5, 5.41) is 3.44. The maximum atomic E-state index is 12.9. The van der Waals surface area contributed by atoms with Crippen LogP contribution in [0.4, 0.5) is 0 Å². The van der Waals surface area contributed by atoms with Gasteiger partial charge in [0.15, 0.2) is 0 Å². The Morgan fingerprint density at radius 3 is 2.48 bits per heavy atom. The van der Waals surface area contributed by atoms with Crippen LogP contribution in [-0.4, -0.2) is 32.4 Å². The fourth-order valence-electron chi connectivity index (χ4n) is 3.27. The first-order valence-corrected chi connectivity index (χ1v) is 10.1. The van der Waals surface area contributed by atoms with Gasteiger partial charge in [-0.25, -0.2) is 9.97 Å². The third-order valence-electron chi connectivity index (χ3n) is 4.70. The second kappa shape index (κ2) is 7.60. The molecule has 0 atom stereocenters. The van der Waals surface area contributed by atoms with Gasteiger partial charge in [0.1, 0.15) is 10.8 Å². The molecule has 0 N–H and O–H groups in total. The number of carbonyl (C=O) groups is 1. The number of aromatic nitrogens is 3. The molecular formula is C22H20N4O2S. The van der Waals surface area contributed by atoms with E-state index in [1.807, 2.05) is 30.5 Å². The molecule has 6 nitrogen and oxygen atoms in total. The molecule has 0 aliphatic heterocycles. The van der Waals surface area contributed by atoms with E-state index < -0.39 is 0 Å². The third kappa shape index (κ3) is 3.69. The molecule has 0 aliphatic rings. The highest BCUT2D eigenvalue weighted by Crippen LogP contribution is 2.16. The van der Waals surface area contributed by atoms with Crippen LogP contribution in [0.25, 0.3) is 16.6 Å². The molecule has 0 saturated heterocycles. The minimum Gasteiger partial charge on any atom is -0.335 e. The summed E-state index contributed by atoms with van der Waals surface area (Å²) in [6.07, 6.45) is 0. The minimum absolute atomic E-state index is 0.0925. The number of hydrogen-bond donors (Lipinski definition) is 0. The Bertz CT molecular complexity index is 1260. The molecule has 0 spiro atoms. The summed E-state index contributed by atoms with van der Waals surface area (Å²) in [7, 11) is 1.76. The van der Waals surface area contributed by atoms with Gasteiger partial charge in [0.25, 0.3) is 11.5 Å². The number of fused-ring (bicyclic) bond motifs is 1. The van der Waals surface area contributed by atoms with Crippen molar-refractivity contribution in [2.75, 3.05) is 7.05 Å². The second-order valence-corrected chi connectivity index (χ2v) is 7.85. The molecule has 0 bridgehead atoms. The summed E-state index contributed by atoms with van der Waals surface area (Å²) >= 11 is 1.54. The van der Waals surface area contributed by atoms with E-state index in [4.69, 9.17) is 0 Å². The predicted octanol–water partition coefficient (Wildman–Crippen LogP) is 3.73. The molecule has 146 valence electrons. The lowest BCUT2D eigenvalue weighted by Gasteiger charge is -2.16. The SMILES string of the molecule is Cc1csc(CN(C)C(=O)c2ccc(-n3c(C)nc4ccccc4c3=O)cc2)n1.